The summed E-state index contributed by atoms with van der Waals surface area (Å²) in [5.41, 5.74) is 2.47. The van der Waals surface area contributed by atoms with Crippen molar-refractivity contribution in [2.45, 2.75) is 19.5 Å². The highest BCUT2D eigenvalue weighted by atomic mass is 16.6. The maximum Gasteiger partial charge on any atom is 0.186 e. The number of aliphatic hydroxyl groups excluding tert-OH is 1. The van der Waals surface area contributed by atoms with E-state index in [1.54, 1.807) is 0 Å². The fraction of sp³-hybridized carbons (Fsp3) is 0.250. The number of hydrogen-bond acceptors (Lipinski definition) is 3. The molecule has 2 aromatic rings. The van der Waals surface area contributed by atoms with Crippen LogP contribution in [-0.4, -0.2) is 11.9 Å². The van der Waals surface area contributed by atoms with Gasteiger partial charge in [0, 0.05) is 12.6 Å². The predicted molar refractivity (Wildman–Crippen MR) is 75.9 cm³/mol. The molecule has 2 N–H and O–H groups in total. The Hall–Kier alpha value is -1.84. The van der Waals surface area contributed by atoms with E-state index in [0.29, 0.717) is 11.8 Å². The summed E-state index contributed by atoms with van der Waals surface area (Å²) in [5.74, 6) is 0.683. The number of nitrogens with one attached hydrogen (secondary N) is 1. The van der Waals surface area contributed by atoms with Gasteiger partial charge in [-0.2, -0.15) is 0 Å². The van der Waals surface area contributed by atoms with Gasteiger partial charge < -0.3 is 15.2 Å². The molecular formula is C16H19NO2. The molecule has 3 nitrogen and oxygen atoms in total. The standard InChI is InChI=1S/C16H19NO2/c1-13(15-5-3-2-4-6-15)17-11-14-7-9-16(10-8-14)19-12-18/h2-10,13,17-18H,11-12H2,1H3. The summed E-state index contributed by atoms with van der Waals surface area (Å²) in [4.78, 5) is 0. The summed E-state index contributed by atoms with van der Waals surface area (Å²) in [7, 11) is 0. The third-order valence-electron chi connectivity index (χ3n) is 3.07. The molecule has 100 valence electrons. The summed E-state index contributed by atoms with van der Waals surface area (Å²) in [6.45, 7) is 2.66. The summed E-state index contributed by atoms with van der Waals surface area (Å²) in [5, 5.41) is 12.1. The lowest BCUT2D eigenvalue weighted by molar-refractivity contribution is 0.0985. The van der Waals surface area contributed by atoms with Gasteiger partial charge in [-0.25, -0.2) is 0 Å². The second-order valence-electron chi connectivity index (χ2n) is 4.43. The van der Waals surface area contributed by atoms with Gasteiger partial charge in [0.2, 0.25) is 0 Å². The number of aliphatic hydroxyl groups is 1. The van der Waals surface area contributed by atoms with Gasteiger partial charge >= 0.3 is 0 Å². The highest BCUT2D eigenvalue weighted by Crippen LogP contribution is 2.14. The van der Waals surface area contributed by atoms with Gasteiger partial charge in [-0.05, 0) is 30.2 Å². The van der Waals surface area contributed by atoms with Crippen molar-refractivity contribution >= 4 is 0 Å². The lowest BCUT2D eigenvalue weighted by Gasteiger charge is -2.14. The Morgan fingerprint density at radius 1 is 1.05 bits per heavy atom. The van der Waals surface area contributed by atoms with Crippen molar-refractivity contribution in [3.63, 3.8) is 0 Å². The molecule has 1 atom stereocenters. The average Bonchev–Trinajstić information content (AvgIpc) is 2.47. The van der Waals surface area contributed by atoms with Crippen LogP contribution in [0, 0.1) is 0 Å². The molecule has 0 radical (unpaired) electrons. The Morgan fingerprint density at radius 3 is 2.37 bits per heavy atom. The van der Waals surface area contributed by atoms with Crippen LogP contribution in [0.4, 0.5) is 0 Å². The molecule has 0 aromatic heterocycles. The summed E-state index contributed by atoms with van der Waals surface area (Å²) >= 11 is 0. The van der Waals surface area contributed by atoms with Gasteiger partial charge in [-0.15, -0.1) is 0 Å². The van der Waals surface area contributed by atoms with Crippen LogP contribution in [0.15, 0.2) is 54.6 Å². The van der Waals surface area contributed by atoms with Gasteiger partial charge in [0.25, 0.3) is 0 Å². The first-order valence-corrected chi connectivity index (χ1v) is 6.40. The highest BCUT2D eigenvalue weighted by molar-refractivity contribution is 5.27. The van der Waals surface area contributed by atoms with Gasteiger partial charge in [-0.1, -0.05) is 42.5 Å². The van der Waals surface area contributed by atoms with Crippen LogP contribution in [0.3, 0.4) is 0 Å². The summed E-state index contributed by atoms with van der Waals surface area (Å²) in [6.07, 6.45) is 0. The molecule has 0 aliphatic carbocycles. The van der Waals surface area contributed by atoms with Crippen LogP contribution in [0.2, 0.25) is 0 Å². The number of ether oxygens (including phenoxy) is 1. The van der Waals surface area contributed by atoms with Crippen molar-refractivity contribution in [2.75, 3.05) is 6.79 Å². The molecule has 0 saturated heterocycles. The normalized spacial score (nSPS) is 12.1. The quantitative estimate of drug-likeness (QED) is 0.782. The SMILES string of the molecule is CC(NCc1ccc(OCO)cc1)c1ccccc1. The van der Waals surface area contributed by atoms with Crippen LogP contribution in [0.5, 0.6) is 5.75 Å². The van der Waals surface area contributed by atoms with E-state index in [1.807, 2.05) is 30.3 Å². The molecular weight excluding hydrogens is 238 g/mol. The zero-order valence-corrected chi connectivity index (χ0v) is 11.0. The number of rotatable bonds is 6. The maximum atomic E-state index is 8.66. The van der Waals surface area contributed by atoms with E-state index in [0.717, 1.165) is 6.54 Å². The highest BCUT2D eigenvalue weighted by Gasteiger charge is 2.03. The minimum atomic E-state index is -0.289. The molecule has 0 saturated carbocycles. The molecule has 0 aliphatic rings. The fourth-order valence-corrected chi connectivity index (χ4v) is 1.91. The van der Waals surface area contributed by atoms with E-state index >= 15 is 0 Å². The number of hydrogen-bond donors (Lipinski definition) is 2. The summed E-state index contributed by atoms with van der Waals surface area (Å²) < 4.78 is 4.99. The van der Waals surface area contributed by atoms with Crippen molar-refractivity contribution in [3.05, 3.63) is 65.7 Å². The molecule has 0 fully saturated rings. The zero-order valence-electron chi connectivity index (χ0n) is 11.0. The van der Waals surface area contributed by atoms with Crippen LogP contribution in [0.25, 0.3) is 0 Å². The molecule has 1 unspecified atom stereocenters. The molecule has 0 aliphatic heterocycles. The Balaban J connectivity index is 1.88. The average molecular weight is 257 g/mol. The van der Waals surface area contributed by atoms with E-state index in [1.165, 1.54) is 11.1 Å². The fourth-order valence-electron chi connectivity index (χ4n) is 1.91. The minimum absolute atomic E-state index is 0.289. The first kappa shape index (κ1) is 13.6. The van der Waals surface area contributed by atoms with Crippen molar-refractivity contribution < 1.29 is 9.84 Å². The zero-order chi connectivity index (χ0) is 13.5. The van der Waals surface area contributed by atoms with E-state index in [4.69, 9.17) is 9.84 Å². The Labute approximate surface area is 113 Å². The molecule has 2 rings (SSSR count). The largest absolute Gasteiger partial charge is 0.468 e. The molecule has 2 aromatic carbocycles. The lowest BCUT2D eigenvalue weighted by Crippen LogP contribution is -2.17. The monoisotopic (exact) mass is 257 g/mol. The molecule has 0 amide bonds. The minimum Gasteiger partial charge on any atom is -0.468 e. The molecule has 0 heterocycles. The maximum absolute atomic E-state index is 8.66. The van der Waals surface area contributed by atoms with Crippen molar-refractivity contribution in [1.82, 2.24) is 5.32 Å². The smallest absolute Gasteiger partial charge is 0.186 e. The van der Waals surface area contributed by atoms with Gasteiger partial charge in [0.05, 0.1) is 0 Å². The second kappa shape index (κ2) is 6.92. The molecule has 0 spiro atoms. The predicted octanol–water partition coefficient (Wildman–Crippen LogP) is 2.87. The van der Waals surface area contributed by atoms with Crippen LogP contribution < -0.4 is 10.1 Å². The first-order chi connectivity index (χ1) is 9.29. The Morgan fingerprint density at radius 2 is 1.74 bits per heavy atom. The van der Waals surface area contributed by atoms with Crippen molar-refractivity contribution in [3.8, 4) is 5.75 Å². The van der Waals surface area contributed by atoms with Gasteiger partial charge in [0.15, 0.2) is 6.79 Å². The second-order valence-corrected chi connectivity index (χ2v) is 4.43. The molecule has 19 heavy (non-hydrogen) atoms. The van der Waals surface area contributed by atoms with E-state index in [9.17, 15) is 0 Å². The van der Waals surface area contributed by atoms with E-state index in [-0.39, 0.29) is 6.79 Å². The third kappa shape index (κ3) is 4.09. The summed E-state index contributed by atoms with van der Waals surface area (Å²) in [6, 6.07) is 18.4. The van der Waals surface area contributed by atoms with Crippen LogP contribution in [0.1, 0.15) is 24.1 Å². The van der Waals surface area contributed by atoms with Crippen molar-refractivity contribution in [1.29, 1.82) is 0 Å². The topological polar surface area (TPSA) is 41.5 Å². The van der Waals surface area contributed by atoms with Crippen molar-refractivity contribution in [2.24, 2.45) is 0 Å². The lowest BCUT2D eigenvalue weighted by atomic mass is 10.1. The molecule has 3 heteroatoms. The third-order valence-corrected chi connectivity index (χ3v) is 3.07. The van der Waals surface area contributed by atoms with Gasteiger partial charge in [-0.3, -0.25) is 0 Å². The van der Waals surface area contributed by atoms with Gasteiger partial charge in [0.1, 0.15) is 5.75 Å². The van der Waals surface area contributed by atoms with Crippen LogP contribution >= 0.6 is 0 Å². The van der Waals surface area contributed by atoms with E-state index < -0.39 is 0 Å². The van der Waals surface area contributed by atoms with Crippen LogP contribution in [-0.2, 0) is 6.54 Å². The Bertz CT molecular complexity index is 482. The first-order valence-electron chi connectivity index (χ1n) is 6.40. The molecule has 0 bridgehead atoms. The Kier molecular flexibility index (Phi) is 4.95. The van der Waals surface area contributed by atoms with E-state index in [2.05, 4.69) is 36.5 Å². The number of benzene rings is 2.